The van der Waals surface area contributed by atoms with E-state index in [4.69, 9.17) is 5.11 Å². The van der Waals surface area contributed by atoms with Crippen molar-refractivity contribution in [2.75, 3.05) is 0 Å². The molecule has 0 fully saturated rings. The summed E-state index contributed by atoms with van der Waals surface area (Å²) in [5.41, 5.74) is 1.90. The van der Waals surface area contributed by atoms with Crippen molar-refractivity contribution in [2.24, 2.45) is 0 Å². The molecule has 88 valence electrons. The molecule has 2 heterocycles. The van der Waals surface area contributed by atoms with Crippen LogP contribution >= 0.6 is 0 Å². The van der Waals surface area contributed by atoms with Gasteiger partial charge >= 0.3 is 5.97 Å². The molecule has 0 radical (unpaired) electrons. The fourth-order valence-corrected chi connectivity index (χ4v) is 1.61. The normalized spacial score (nSPS) is 10.4. The summed E-state index contributed by atoms with van der Waals surface area (Å²) in [7, 11) is 0. The van der Waals surface area contributed by atoms with E-state index in [9.17, 15) is 4.79 Å². The smallest absolute Gasteiger partial charge is 0.356 e. The van der Waals surface area contributed by atoms with Crippen LogP contribution in [0, 0.1) is 6.92 Å². The Bertz CT molecular complexity index is 520. The first-order chi connectivity index (χ1) is 8.16. The van der Waals surface area contributed by atoms with Gasteiger partial charge < -0.3 is 5.11 Å². The van der Waals surface area contributed by atoms with E-state index in [0.29, 0.717) is 6.54 Å². The van der Waals surface area contributed by atoms with Gasteiger partial charge in [0.15, 0.2) is 5.69 Å². The van der Waals surface area contributed by atoms with Gasteiger partial charge in [0.05, 0.1) is 0 Å². The monoisotopic (exact) mass is 231 g/mol. The minimum absolute atomic E-state index is 0.0866. The number of rotatable bonds is 4. The molecule has 2 aromatic rings. The third-order valence-electron chi connectivity index (χ3n) is 2.51. The van der Waals surface area contributed by atoms with E-state index < -0.39 is 5.97 Å². The lowest BCUT2D eigenvalue weighted by Crippen LogP contribution is -2.07. The van der Waals surface area contributed by atoms with Gasteiger partial charge in [-0.15, -0.1) is 0 Å². The lowest BCUT2D eigenvalue weighted by Gasteiger charge is -2.03. The van der Waals surface area contributed by atoms with Crippen LogP contribution in [0.1, 0.15) is 21.9 Å². The van der Waals surface area contributed by atoms with Crippen LogP contribution in [0.4, 0.5) is 0 Å². The van der Waals surface area contributed by atoms with Crippen LogP contribution in [0.25, 0.3) is 0 Å². The maximum atomic E-state index is 10.8. The van der Waals surface area contributed by atoms with E-state index in [1.807, 2.05) is 25.1 Å². The lowest BCUT2D eigenvalue weighted by molar-refractivity contribution is 0.0689. The van der Waals surface area contributed by atoms with Gasteiger partial charge in [0, 0.05) is 30.6 Å². The van der Waals surface area contributed by atoms with Crippen LogP contribution in [0.5, 0.6) is 0 Å². The van der Waals surface area contributed by atoms with E-state index >= 15 is 0 Å². The molecule has 0 spiro atoms. The number of aromatic carboxylic acids is 1. The molecule has 0 bridgehead atoms. The molecule has 0 amide bonds. The van der Waals surface area contributed by atoms with Crippen LogP contribution in [0.2, 0.25) is 0 Å². The average molecular weight is 231 g/mol. The zero-order valence-corrected chi connectivity index (χ0v) is 9.50. The maximum absolute atomic E-state index is 10.8. The van der Waals surface area contributed by atoms with Crippen molar-refractivity contribution in [2.45, 2.75) is 19.9 Å². The number of nitrogens with zero attached hydrogens (tertiary/aromatic N) is 3. The highest BCUT2D eigenvalue weighted by Gasteiger charge is 2.10. The van der Waals surface area contributed by atoms with Crippen molar-refractivity contribution in [1.29, 1.82) is 0 Å². The molecule has 0 saturated carbocycles. The molecule has 0 aliphatic carbocycles. The molecule has 0 aromatic carbocycles. The molecule has 2 rings (SSSR count). The largest absolute Gasteiger partial charge is 0.476 e. The standard InChI is InChI=1S/C12H13N3O2/c1-9-8-11(12(16)17)14-15(9)7-5-10-4-2-3-6-13-10/h2-4,6,8H,5,7H2,1H3,(H,16,17). The molecule has 1 N–H and O–H groups in total. The third-order valence-corrected chi connectivity index (χ3v) is 2.51. The Morgan fingerprint density at radius 2 is 2.29 bits per heavy atom. The number of carboxylic acids is 1. The first-order valence-corrected chi connectivity index (χ1v) is 5.34. The second-order valence-electron chi connectivity index (χ2n) is 3.77. The summed E-state index contributed by atoms with van der Waals surface area (Å²) in [4.78, 5) is 15.0. The van der Waals surface area contributed by atoms with Gasteiger partial charge in [0.25, 0.3) is 0 Å². The molecular weight excluding hydrogens is 218 g/mol. The Kier molecular flexibility index (Phi) is 3.18. The van der Waals surface area contributed by atoms with Crippen molar-refractivity contribution >= 4 is 5.97 Å². The van der Waals surface area contributed by atoms with Crippen molar-refractivity contribution in [3.8, 4) is 0 Å². The average Bonchev–Trinajstić information content (AvgIpc) is 2.70. The summed E-state index contributed by atoms with van der Waals surface area (Å²) in [6, 6.07) is 7.31. The predicted octanol–water partition coefficient (Wildman–Crippen LogP) is 1.53. The van der Waals surface area contributed by atoms with Gasteiger partial charge in [0.1, 0.15) is 0 Å². The highest BCUT2D eigenvalue weighted by atomic mass is 16.4. The second kappa shape index (κ2) is 4.78. The van der Waals surface area contributed by atoms with E-state index in [2.05, 4.69) is 10.1 Å². The topological polar surface area (TPSA) is 68.0 Å². The van der Waals surface area contributed by atoms with Crippen LogP contribution in [0.3, 0.4) is 0 Å². The fourth-order valence-electron chi connectivity index (χ4n) is 1.61. The molecule has 0 saturated heterocycles. The molecular formula is C12H13N3O2. The van der Waals surface area contributed by atoms with E-state index in [1.165, 1.54) is 0 Å². The summed E-state index contributed by atoms with van der Waals surface area (Å²) in [5.74, 6) is -0.996. The number of pyridine rings is 1. The predicted molar refractivity (Wildman–Crippen MR) is 61.9 cm³/mol. The molecule has 17 heavy (non-hydrogen) atoms. The van der Waals surface area contributed by atoms with Crippen molar-refractivity contribution in [3.05, 3.63) is 47.5 Å². The molecule has 2 aromatic heterocycles. The SMILES string of the molecule is Cc1cc(C(=O)O)nn1CCc1ccccn1. The van der Waals surface area contributed by atoms with Gasteiger partial charge in [0.2, 0.25) is 0 Å². The second-order valence-corrected chi connectivity index (χ2v) is 3.77. The van der Waals surface area contributed by atoms with Crippen molar-refractivity contribution < 1.29 is 9.90 Å². The van der Waals surface area contributed by atoms with Crippen LogP contribution < -0.4 is 0 Å². The number of carbonyl (C=O) groups is 1. The number of aryl methyl sites for hydroxylation is 3. The minimum atomic E-state index is -0.996. The Morgan fingerprint density at radius 1 is 1.47 bits per heavy atom. The van der Waals surface area contributed by atoms with Crippen molar-refractivity contribution in [1.82, 2.24) is 14.8 Å². The summed E-state index contributed by atoms with van der Waals surface area (Å²) in [5, 5.41) is 12.8. The zero-order valence-electron chi connectivity index (χ0n) is 9.50. The van der Waals surface area contributed by atoms with E-state index in [0.717, 1.165) is 17.8 Å². The fraction of sp³-hybridized carbons (Fsp3) is 0.250. The number of aromatic nitrogens is 3. The van der Waals surface area contributed by atoms with Gasteiger partial charge in [-0.1, -0.05) is 6.07 Å². The van der Waals surface area contributed by atoms with E-state index in [-0.39, 0.29) is 5.69 Å². The summed E-state index contributed by atoms with van der Waals surface area (Å²) >= 11 is 0. The van der Waals surface area contributed by atoms with Crippen LogP contribution in [-0.2, 0) is 13.0 Å². The van der Waals surface area contributed by atoms with Crippen LogP contribution in [0.15, 0.2) is 30.5 Å². The number of hydrogen-bond acceptors (Lipinski definition) is 3. The molecule has 5 heteroatoms. The Labute approximate surface area is 98.7 Å². The molecule has 0 unspecified atom stereocenters. The van der Waals surface area contributed by atoms with Gasteiger partial charge in [-0.05, 0) is 25.1 Å². The summed E-state index contributed by atoms with van der Waals surface area (Å²) in [6.45, 7) is 2.48. The first-order valence-electron chi connectivity index (χ1n) is 5.34. The quantitative estimate of drug-likeness (QED) is 0.866. The van der Waals surface area contributed by atoms with Crippen LogP contribution in [-0.4, -0.2) is 25.8 Å². The maximum Gasteiger partial charge on any atom is 0.356 e. The minimum Gasteiger partial charge on any atom is -0.476 e. The van der Waals surface area contributed by atoms with Gasteiger partial charge in [-0.2, -0.15) is 5.10 Å². The van der Waals surface area contributed by atoms with E-state index in [1.54, 1.807) is 16.9 Å². The molecule has 0 atom stereocenters. The van der Waals surface area contributed by atoms with Crippen molar-refractivity contribution in [3.63, 3.8) is 0 Å². The molecule has 0 aliphatic heterocycles. The number of carboxylic acid groups (broad SMARTS) is 1. The zero-order chi connectivity index (χ0) is 12.3. The first kappa shape index (κ1) is 11.3. The highest BCUT2D eigenvalue weighted by molar-refractivity contribution is 5.85. The summed E-state index contributed by atoms with van der Waals surface area (Å²) in [6.07, 6.45) is 2.48. The molecule has 5 nitrogen and oxygen atoms in total. The van der Waals surface area contributed by atoms with Gasteiger partial charge in [-0.3, -0.25) is 9.67 Å². The Balaban J connectivity index is 2.07. The number of hydrogen-bond donors (Lipinski definition) is 1. The van der Waals surface area contributed by atoms with Gasteiger partial charge in [-0.25, -0.2) is 4.79 Å². The third kappa shape index (κ3) is 2.69. The summed E-state index contributed by atoms with van der Waals surface area (Å²) < 4.78 is 1.69. The molecule has 0 aliphatic rings. The lowest BCUT2D eigenvalue weighted by atomic mass is 10.3. The Morgan fingerprint density at radius 3 is 2.88 bits per heavy atom. The highest BCUT2D eigenvalue weighted by Crippen LogP contribution is 2.05. The Hall–Kier alpha value is -2.17.